The molecule has 14 heavy (non-hydrogen) atoms. The number of nitrogens with one attached hydrogen (secondary N) is 1. The third-order valence-corrected chi connectivity index (χ3v) is 2.80. The zero-order valence-electron chi connectivity index (χ0n) is 8.19. The van der Waals surface area contributed by atoms with Crippen molar-refractivity contribution in [2.45, 2.75) is 37.8 Å². The van der Waals surface area contributed by atoms with Gasteiger partial charge in [-0.15, -0.1) is 15.3 Å². The number of hydrogen-bond acceptors (Lipinski definition) is 5. The van der Waals surface area contributed by atoms with Crippen molar-refractivity contribution >= 4 is 24.0 Å². The number of aromatic amines is 1. The second-order valence-electron chi connectivity index (χ2n) is 2.92. The van der Waals surface area contributed by atoms with Crippen molar-refractivity contribution in [1.82, 2.24) is 20.4 Å². The predicted molar refractivity (Wildman–Crippen MR) is 59.9 cm³/mol. The molecule has 1 N–H and O–H groups in total. The van der Waals surface area contributed by atoms with Gasteiger partial charge in [0.25, 0.3) is 0 Å². The first-order chi connectivity index (χ1) is 6.83. The topological polar surface area (TPSA) is 54.5 Å². The Morgan fingerprint density at radius 1 is 1.29 bits per heavy atom. The summed E-state index contributed by atoms with van der Waals surface area (Å²) in [5.41, 5.74) is 0. The summed E-state index contributed by atoms with van der Waals surface area (Å²) in [5.74, 6) is 1.05. The quantitative estimate of drug-likeness (QED) is 0.462. The second kappa shape index (κ2) is 6.89. The van der Waals surface area contributed by atoms with E-state index in [-0.39, 0.29) is 0 Å². The van der Waals surface area contributed by atoms with E-state index in [1.807, 2.05) is 0 Å². The van der Waals surface area contributed by atoms with E-state index in [0.717, 1.165) is 5.75 Å². The standard InChI is InChI=1S/C8H14N4S2/c1-2-3-4-5-6-14-8-11-9-7(13)10-12-8/h2-6H2,1H3,(H,9,10,13). The van der Waals surface area contributed by atoms with Crippen LogP contribution in [0.1, 0.15) is 32.6 Å². The zero-order valence-corrected chi connectivity index (χ0v) is 9.83. The highest BCUT2D eigenvalue weighted by Crippen LogP contribution is 2.13. The van der Waals surface area contributed by atoms with E-state index in [1.54, 1.807) is 11.8 Å². The van der Waals surface area contributed by atoms with Crippen molar-refractivity contribution in [3.8, 4) is 0 Å². The molecule has 0 saturated heterocycles. The molecule has 4 nitrogen and oxygen atoms in total. The van der Waals surface area contributed by atoms with Gasteiger partial charge in [0.1, 0.15) is 0 Å². The van der Waals surface area contributed by atoms with Gasteiger partial charge in [0, 0.05) is 5.75 Å². The average molecular weight is 230 g/mol. The second-order valence-corrected chi connectivity index (χ2v) is 4.37. The van der Waals surface area contributed by atoms with Crippen molar-refractivity contribution in [3.63, 3.8) is 0 Å². The highest BCUT2D eigenvalue weighted by Gasteiger charge is 1.96. The SMILES string of the molecule is CCCCCCSc1nnc(=S)[nH]n1. The molecule has 0 spiro atoms. The van der Waals surface area contributed by atoms with Crippen LogP contribution in [0.3, 0.4) is 0 Å². The van der Waals surface area contributed by atoms with Gasteiger partial charge in [-0.05, 0) is 18.6 Å². The van der Waals surface area contributed by atoms with Crippen molar-refractivity contribution in [3.05, 3.63) is 4.77 Å². The van der Waals surface area contributed by atoms with Crippen LogP contribution in [0.25, 0.3) is 0 Å². The Kier molecular flexibility index (Phi) is 5.70. The van der Waals surface area contributed by atoms with Gasteiger partial charge in [-0.3, -0.25) is 0 Å². The monoisotopic (exact) mass is 230 g/mol. The lowest BCUT2D eigenvalue weighted by atomic mass is 10.2. The van der Waals surface area contributed by atoms with E-state index in [1.165, 1.54) is 25.7 Å². The van der Waals surface area contributed by atoms with E-state index in [4.69, 9.17) is 12.2 Å². The maximum absolute atomic E-state index is 4.74. The van der Waals surface area contributed by atoms with Crippen molar-refractivity contribution in [2.75, 3.05) is 5.75 Å². The van der Waals surface area contributed by atoms with Crippen LogP contribution < -0.4 is 0 Å². The van der Waals surface area contributed by atoms with Gasteiger partial charge in [0.15, 0.2) is 0 Å². The summed E-state index contributed by atoms with van der Waals surface area (Å²) in [5, 5.41) is 14.8. The Hall–Kier alpha value is -0.490. The van der Waals surface area contributed by atoms with Crippen LogP contribution in [0.5, 0.6) is 0 Å². The highest BCUT2D eigenvalue weighted by atomic mass is 32.2. The van der Waals surface area contributed by atoms with Crippen LogP contribution in [0.4, 0.5) is 0 Å². The van der Waals surface area contributed by atoms with Crippen molar-refractivity contribution in [2.24, 2.45) is 0 Å². The lowest BCUT2D eigenvalue weighted by Crippen LogP contribution is -1.95. The molecule has 0 fully saturated rings. The summed E-state index contributed by atoms with van der Waals surface area (Å²) < 4.78 is 0.334. The number of hydrogen-bond donors (Lipinski definition) is 1. The smallest absolute Gasteiger partial charge is 0.234 e. The molecular formula is C8H14N4S2. The summed E-state index contributed by atoms with van der Waals surface area (Å²) in [6.45, 7) is 2.21. The molecule has 1 aromatic heterocycles. The highest BCUT2D eigenvalue weighted by molar-refractivity contribution is 7.99. The van der Waals surface area contributed by atoms with E-state index in [0.29, 0.717) is 9.93 Å². The molecule has 0 aromatic carbocycles. The van der Waals surface area contributed by atoms with E-state index in [9.17, 15) is 0 Å². The minimum Gasteiger partial charge on any atom is -0.248 e. The summed E-state index contributed by atoms with van der Waals surface area (Å²) >= 11 is 6.36. The molecule has 0 amide bonds. The first-order valence-corrected chi connectivity index (χ1v) is 6.14. The van der Waals surface area contributed by atoms with Gasteiger partial charge in [-0.2, -0.15) is 0 Å². The van der Waals surface area contributed by atoms with Crippen LogP contribution in [0.15, 0.2) is 5.16 Å². The van der Waals surface area contributed by atoms with E-state index in [2.05, 4.69) is 27.3 Å². The normalized spacial score (nSPS) is 10.4. The van der Waals surface area contributed by atoms with Gasteiger partial charge in [0.2, 0.25) is 9.93 Å². The maximum atomic E-state index is 4.74. The average Bonchev–Trinajstić information content (AvgIpc) is 2.21. The Bertz CT molecular complexity index is 292. The summed E-state index contributed by atoms with van der Waals surface area (Å²) in [7, 11) is 0. The lowest BCUT2D eigenvalue weighted by Gasteiger charge is -1.97. The first kappa shape index (κ1) is 11.6. The number of H-pyrrole nitrogens is 1. The molecule has 0 atom stereocenters. The summed E-state index contributed by atoms with van der Waals surface area (Å²) in [6, 6.07) is 0. The zero-order chi connectivity index (χ0) is 10.2. The summed E-state index contributed by atoms with van der Waals surface area (Å²) in [4.78, 5) is 0. The third-order valence-electron chi connectivity index (χ3n) is 1.70. The molecule has 0 unspecified atom stereocenters. The Balaban J connectivity index is 2.18. The van der Waals surface area contributed by atoms with Crippen LogP contribution >= 0.6 is 24.0 Å². The third kappa shape index (κ3) is 4.66. The number of rotatable bonds is 6. The molecule has 0 aliphatic heterocycles. The number of aromatic nitrogens is 4. The van der Waals surface area contributed by atoms with Crippen LogP contribution in [0.2, 0.25) is 0 Å². The fourth-order valence-corrected chi connectivity index (χ4v) is 1.81. The molecule has 1 heterocycles. The first-order valence-electron chi connectivity index (χ1n) is 4.75. The van der Waals surface area contributed by atoms with Gasteiger partial charge < -0.3 is 0 Å². The molecule has 1 rings (SSSR count). The van der Waals surface area contributed by atoms with Crippen molar-refractivity contribution in [1.29, 1.82) is 0 Å². The molecule has 0 radical (unpaired) electrons. The Morgan fingerprint density at radius 2 is 2.14 bits per heavy atom. The molecule has 78 valence electrons. The molecule has 6 heteroatoms. The summed E-state index contributed by atoms with van der Waals surface area (Å²) in [6.07, 6.45) is 5.05. The molecule has 0 bridgehead atoms. The number of nitrogens with zero attached hydrogens (tertiary/aromatic N) is 3. The van der Waals surface area contributed by atoms with E-state index >= 15 is 0 Å². The van der Waals surface area contributed by atoms with E-state index < -0.39 is 0 Å². The molecule has 1 aromatic rings. The lowest BCUT2D eigenvalue weighted by molar-refractivity contribution is 0.701. The fourth-order valence-electron chi connectivity index (χ4n) is 0.982. The molecule has 0 aliphatic carbocycles. The molecule has 0 aliphatic rings. The van der Waals surface area contributed by atoms with Crippen LogP contribution in [-0.4, -0.2) is 26.1 Å². The molecular weight excluding hydrogens is 216 g/mol. The van der Waals surface area contributed by atoms with Gasteiger partial charge in [-0.1, -0.05) is 37.9 Å². The minimum atomic E-state index is 0.334. The number of thioether (sulfide) groups is 1. The van der Waals surface area contributed by atoms with Gasteiger partial charge in [0.05, 0.1) is 0 Å². The molecule has 0 saturated carbocycles. The Labute approximate surface area is 92.9 Å². The Morgan fingerprint density at radius 3 is 2.79 bits per heavy atom. The maximum Gasteiger partial charge on any atom is 0.234 e. The predicted octanol–water partition coefficient (Wildman–Crippen LogP) is 2.60. The number of unbranched alkanes of at least 4 members (excludes halogenated alkanes) is 3. The fraction of sp³-hybridized carbons (Fsp3) is 0.750. The van der Waals surface area contributed by atoms with Crippen LogP contribution in [-0.2, 0) is 0 Å². The van der Waals surface area contributed by atoms with Gasteiger partial charge >= 0.3 is 0 Å². The van der Waals surface area contributed by atoms with Gasteiger partial charge in [-0.25, -0.2) is 5.10 Å². The van der Waals surface area contributed by atoms with Crippen LogP contribution in [0, 0.1) is 4.77 Å². The minimum absolute atomic E-state index is 0.334. The largest absolute Gasteiger partial charge is 0.248 e. The van der Waals surface area contributed by atoms with Crippen molar-refractivity contribution < 1.29 is 0 Å².